The molecule has 2 aliphatic heterocycles. The molecule has 0 amide bonds. The number of hydrogen-bond donors (Lipinski definition) is 0. The van der Waals surface area contributed by atoms with Crippen molar-refractivity contribution in [3.05, 3.63) is 138 Å². The van der Waals surface area contributed by atoms with E-state index in [-0.39, 0.29) is 6.04 Å². The molecular formula is C55H63N3SSi+2. The van der Waals surface area contributed by atoms with E-state index in [9.17, 15) is 0 Å². The van der Waals surface area contributed by atoms with Crippen LogP contribution in [0.2, 0.25) is 19.6 Å². The fraction of sp³-hybridized carbons (Fsp3) is 0.345. The van der Waals surface area contributed by atoms with Crippen LogP contribution >= 0.6 is 11.3 Å². The van der Waals surface area contributed by atoms with Crippen LogP contribution in [0.5, 0.6) is 0 Å². The Morgan fingerprint density at radius 1 is 0.933 bits per heavy atom. The maximum atomic E-state index is 5.14. The smallest absolute Gasteiger partial charge is 0.195 e. The average Bonchev–Trinajstić information content (AvgIpc) is 3.76. The molecule has 5 heteroatoms. The van der Waals surface area contributed by atoms with Crippen molar-refractivity contribution in [2.24, 2.45) is 11.8 Å². The lowest BCUT2D eigenvalue weighted by molar-refractivity contribution is -0.719. The summed E-state index contributed by atoms with van der Waals surface area (Å²) in [5.74, 6) is 2.46. The van der Waals surface area contributed by atoms with Crippen molar-refractivity contribution >= 4 is 67.2 Å². The number of nitrogens with zero attached hydrogens (tertiary/aromatic N) is 3. The number of imidazole rings is 1. The molecule has 0 N–H and O–H groups in total. The topological polar surface area (TPSA) is 12.7 Å². The summed E-state index contributed by atoms with van der Waals surface area (Å²) in [6.45, 7) is 33.3. The third-order valence-electron chi connectivity index (χ3n) is 13.6. The predicted molar refractivity (Wildman–Crippen MR) is 262 cm³/mol. The average molecular weight is 826 g/mol. The first-order valence-corrected chi connectivity index (χ1v) is 26.8. The SMILES string of the molecule is C=C/C(=C(\CC)n1c2[n+](c3ccccc31)C(=C)CC1C(CCc3cc4sc5c(C)ccc(C)c5c4cc3-2)c2ccccc2-c2cc(CC(C)C)c([Si](C)(C)C)c[n+]21)C(C)C. The zero-order valence-corrected chi connectivity index (χ0v) is 39.5. The molecule has 0 radical (unpaired) electrons. The van der Waals surface area contributed by atoms with Crippen LogP contribution in [-0.2, 0) is 12.8 Å². The van der Waals surface area contributed by atoms with Gasteiger partial charge in [-0.15, -0.1) is 11.3 Å². The summed E-state index contributed by atoms with van der Waals surface area (Å²) in [4.78, 5) is 0. The number of benzene rings is 4. The third kappa shape index (κ3) is 6.50. The van der Waals surface area contributed by atoms with Crippen molar-refractivity contribution in [2.75, 3.05) is 0 Å². The van der Waals surface area contributed by atoms with Gasteiger partial charge in [0.05, 0.1) is 20.1 Å². The van der Waals surface area contributed by atoms with Crippen LogP contribution in [0.3, 0.4) is 0 Å². The molecule has 0 saturated heterocycles. The standard InChI is InChI=1S/C55H63N3SSi/c1-13-40(34(5)6)46(14-2)58-48-22-18-17-21-47(48)57-37(9)28-49-43(26-25-38-30-51-45(31-44(38)55(57)58)53-35(7)23-24-36(8)54(53)59-51)41-19-15-16-20-42(41)50-29-39(27-33(3)4)52(32-56(49)50)60(10,11)12/h13,15-24,29-34,43,49H,1,9,14,25-28H2,2-8,10-12H3/q+2/b46-40-. The first-order valence-electron chi connectivity index (χ1n) is 22.4. The number of rotatable bonds is 7. The van der Waals surface area contributed by atoms with Crippen molar-refractivity contribution < 1.29 is 9.13 Å². The van der Waals surface area contributed by atoms with Crippen molar-refractivity contribution in [1.29, 1.82) is 0 Å². The first kappa shape index (κ1) is 40.6. The molecule has 2 atom stereocenters. The van der Waals surface area contributed by atoms with Gasteiger partial charge in [-0.1, -0.05) is 116 Å². The summed E-state index contributed by atoms with van der Waals surface area (Å²) in [6, 6.07) is 31.0. The number of fused-ring (bicyclic) bond motifs is 14. The molecular weight excluding hydrogens is 763 g/mol. The van der Waals surface area contributed by atoms with E-state index >= 15 is 0 Å². The van der Waals surface area contributed by atoms with Crippen LogP contribution in [0, 0.1) is 25.7 Å². The molecule has 3 aromatic heterocycles. The minimum absolute atomic E-state index is 0.216. The van der Waals surface area contributed by atoms with E-state index in [1.165, 1.54) is 92.9 Å². The molecule has 0 aliphatic carbocycles. The van der Waals surface area contributed by atoms with E-state index in [1.54, 1.807) is 5.19 Å². The fourth-order valence-electron chi connectivity index (χ4n) is 10.9. The second-order valence-electron chi connectivity index (χ2n) is 19.5. The van der Waals surface area contributed by atoms with Crippen LogP contribution in [0.4, 0.5) is 0 Å². The molecule has 2 aliphatic rings. The van der Waals surface area contributed by atoms with Crippen LogP contribution in [0.25, 0.3) is 65.2 Å². The van der Waals surface area contributed by atoms with Gasteiger partial charge in [0.2, 0.25) is 5.69 Å². The zero-order valence-electron chi connectivity index (χ0n) is 37.7. The van der Waals surface area contributed by atoms with Gasteiger partial charge in [-0.2, -0.15) is 13.7 Å². The van der Waals surface area contributed by atoms with E-state index in [0.29, 0.717) is 17.8 Å². The predicted octanol–water partition coefficient (Wildman–Crippen LogP) is 13.9. The number of pyridine rings is 1. The lowest BCUT2D eigenvalue weighted by Crippen LogP contribution is -2.54. The molecule has 4 aromatic carbocycles. The molecule has 306 valence electrons. The summed E-state index contributed by atoms with van der Waals surface area (Å²) >= 11 is 1.97. The lowest BCUT2D eigenvalue weighted by atomic mass is 9.77. The second kappa shape index (κ2) is 15.3. The van der Waals surface area contributed by atoms with Gasteiger partial charge < -0.3 is 0 Å². The monoisotopic (exact) mass is 825 g/mol. The van der Waals surface area contributed by atoms with E-state index in [2.05, 4.69) is 180 Å². The highest BCUT2D eigenvalue weighted by atomic mass is 32.1. The molecule has 0 fully saturated rings. The van der Waals surface area contributed by atoms with Gasteiger partial charge >= 0.3 is 0 Å². The number of hydrogen-bond acceptors (Lipinski definition) is 1. The Labute approximate surface area is 363 Å². The van der Waals surface area contributed by atoms with Gasteiger partial charge in [-0.05, 0) is 109 Å². The van der Waals surface area contributed by atoms with E-state index < -0.39 is 8.07 Å². The summed E-state index contributed by atoms with van der Waals surface area (Å²) in [7, 11) is -1.70. The third-order valence-corrected chi connectivity index (χ3v) is 17.0. The number of allylic oxidation sites excluding steroid dienone is 4. The summed E-state index contributed by atoms with van der Waals surface area (Å²) in [5.41, 5.74) is 17.4. The van der Waals surface area contributed by atoms with E-state index in [0.717, 1.165) is 37.8 Å². The Balaban J connectivity index is 1.39. The highest BCUT2D eigenvalue weighted by molar-refractivity contribution is 7.26. The van der Waals surface area contributed by atoms with Crippen LogP contribution in [0.15, 0.2) is 110 Å². The van der Waals surface area contributed by atoms with Gasteiger partial charge in [0, 0.05) is 49.3 Å². The summed E-state index contributed by atoms with van der Waals surface area (Å²) in [5, 5.41) is 4.35. The second-order valence-corrected chi connectivity index (χ2v) is 25.6. The number of thiophene rings is 1. The van der Waals surface area contributed by atoms with Gasteiger partial charge in [0.15, 0.2) is 23.3 Å². The first-order chi connectivity index (χ1) is 28.7. The van der Waals surface area contributed by atoms with Crippen molar-refractivity contribution in [3.63, 3.8) is 0 Å². The summed E-state index contributed by atoms with van der Waals surface area (Å²) in [6.07, 6.45) is 9.60. The minimum atomic E-state index is -1.70. The van der Waals surface area contributed by atoms with Crippen molar-refractivity contribution in [3.8, 4) is 22.6 Å². The van der Waals surface area contributed by atoms with Gasteiger partial charge in [-0.3, -0.25) is 0 Å². The zero-order chi connectivity index (χ0) is 42.4. The quantitative estimate of drug-likeness (QED) is 0.0863. The molecule has 2 unspecified atom stereocenters. The Hall–Kier alpha value is -4.84. The van der Waals surface area contributed by atoms with E-state index in [4.69, 9.17) is 6.58 Å². The molecule has 0 saturated carbocycles. The number of para-hydroxylation sites is 2. The van der Waals surface area contributed by atoms with Gasteiger partial charge in [-0.25, -0.2) is 0 Å². The van der Waals surface area contributed by atoms with Crippen molar-refractivity contribution in [1.82, 2.24) is 4.57 Å². The molecule has 3 nitrogen and oxygen atoms in total. The van der Waals surface area contributed by atoms with Crippen molar-refractivity contribution in [2.45, 2.75) is 112 Å². The van der Waals surface area contributed by atoms with Gasteiger partial charge in [0.1, 0.15) is 11.4 Å². The lowest BCUT2D eigenvalue weighted by Gasteiger charge is -2.33. The van der Waals surface area contributed by atoms with Crippen LogP contribution in [-0.4, -0.2) is 12.6 Å². The molecule has 9 rings (SSSR count). The Morgan fingerprint density at radius 3 is 2.38 bits per heavy atom. The minimum Gasteiger partial charge on any atom is -0.195 e. The number of aromatic nitrogens is 3. The van der Waals surface area contributed by atoms with E-state index in [1.807, 2.05) is 11.3 Å². The fourth-order valence-corrected chi connectivity index (χ4v) is 13.9. The Morgan fingerprint density at radius 2 is 1.67 bits per heavy atom. The highest BCUT2D eigenvalue weighted by Gasteiger charge is 2.45. The van der Waals surface area contributed by atoms with Crippen LogP contribution in [0.1, 0.15) is 93.7 Å². The summed E-state index contributed by atoms with van der Waals surface area (Å²) < 4.78 is 10.7. The highest BCUT2D eigenvalue weighted by Crippen LogP contribution is 2.47. The van der Waals surface area contributed by atoms with Crippen LogP contribution < -0.4 is 14.3 Å². The maximum Gasteiger partial charge on any atom is 0.300 e. The Kier molecular flexibility index (Phi) is 10.3. The maximum absolute atomic E-state index is 5.14. The normalized spacial score (nSPS) is 17.1. The largest absolute Gasteiger partial charge is 0.300 e. The van der Waals surface area contributed by atoms with Gasteiger partial charge in [0.25, 0.3) is 5.82 Å². The number of aryl methyl sites for hydroxylation is 3. The molecule has 5 heterocycles. The molecule has 60 heavy (non-hydrogen) atoms. The molecule has 0 spiro atoms. The Bertz CT molecular complexity index is 2930. The molecule has 7 aromatic rings. The molecule has 0 bridgehead atoms.